The number of nitrogens with one attached hydrogen (secondary N) is 1. The van der Waals surface area contributed by atoms with E-state index in [1.54, 1.807) is 7.05 Å². The van der Waals surface area contributed by atoms with E-state index in [4.69, 9.17) is 6.42 Å². The van der Waals surface area contributed by atoms with Gasteiger partial charge in [-0.2, -0.15) is 0 Å². The van der Waals surface area contributed by atoms with E-state index in [-0.39, 0.29) is 12.5 Å². The van der Waals surface area contributed by atoms with E-state index in [2.05, 4.69) is 11.2 Å². The molecule has 1 atom stereocenters. The first kappa shape index (κ1) is 10.7. The molecule has 0 aliphatic carbocycles. The molecule has 0 aliphatic heterocycles. The molecule has 0 bridgehead atoms. The standard InChI is InChI=1S/C11H11F2N/c1-3-9(14-2)7-8-5-4-6-10(12)11(8)13/h1,4-6,9,14H,7H2,2H3. The molecular weight excluding hydrogens is 184 g/mol. The fourth-order valence-corrected chi connectivity index (χ4v) is 1.17. The Kier molecular flexibility index (Phi) is 3.61. The van der Waals surface area contributed by atoms with Crippen molar-refractivity contribution in [2.24, 2.45) is 0 Å². The zero-order valence-electron chi connectivity index (χ0n) is 7.85. The number of hydrogen-bond donors (Lipinski definition) is 1. The molecule has 0 saturated carbocycles. The number of benzene rings is 1. The third-order valence-corrected chi connectivity index (χ3v) is 2.01. The van der Waals surface area contributed by atoms with Gasteiger partial charge < -0.3 is 5.32 Å². The highest BCUT2D eigenvalue weighted by Gasteiger charge is 2.10. The van der Waals surface area contributed by atoms with Gasteiger partial charge in [0.25, 0.3) is 0 Å². The number of rotatable bonds is 3. The van der Waals surface area contributed by atoms with Crippen molar-refractivity contribution in [3.05, 3.63) is 35.4 Å². The van der Waals surface area contributed by atoms with Gasteiger partial charge in [-0.1, -0.05) is 18.1 Å². The Morgan fingerprint density at radius 3 is 2.79 bits per heavy atom. The molecule has 1 aromatic rings. The molecule has 1 nitrogen and oxygen atoms in total. The van der Waals surface area contributed by atoms with Gasteiger partial charge in [0.05, 0.1) is 6.04 Å². The molecule has 0 heterocycles. The van der Waals surface area contributed by atoms with Crippen molar-refractivity contribution in [1.82, 2.24) is 5.32 Å². The molecule has 0 aromatic heterocycles. The second kappa shape index (κ2) is 4.73. The van der Waals surface area contributed by atoms with Crippen LogP contribution in [0, 0.1) is 24.0 Å². The highest BCUT2D eigenvalue weighted by Crippen LogP contribution is 2.12. The number of halogens is 2. The lowest BCUT2D eigenvalue weighted by Crippen LogP contribution is -2.26. The first-order valence-corrected chi connectivity index (χ1v) is 4.25. The molecule has 1 unspecified atom stereocenters. The van der Waals surface area contributed by atoms with E-state index in [0.29, 0.717) is 5.56 Å². The van der Waals surface area contributed by atoms with Gasteiger partial charge in [-0.25, -0.2) is 8.78 Å². The molecule has 74 valence electrons. The summed E-state index contributed by atoms with van der Waals surface area (Å²) in [6.07, 6.45) is 5.48. The second-order valence-electron chi connectivity index (χ2n) is 2.92. The minimum Gasteiger partial charge on any atom is -0.306 e. The molecule has 1 aromatic carbocycles. The van der Waals surface area contributed by atoms with Crippen LogP contribution in [0.15, 0.2) is 18.2 Å². The van der Waals surface area contributed by atoms with Gasteiger partial charge in [0.2, 0.25) is 0 Å². The van der Waals surface area contributed by atoms with Crippen LogP contribution in [0.25, 0.3) is 0 Å². The van der Waals surface area contributed by atoms with Crippen LogP contribution in [-0.4, -0.2) is 13.1 Å². The van der Waals surface area contributed by atoms with Crippen LogP contribution >= 0.6 is 0 Å². The molecule has 1 N–H and O–H groups in total. The lowest BCUT2D eigenvalue weighted by Gasteiger charge is -2.09. The lowest BCUT2D eigenvalue weighted by molar-refractivity contribution is 0.494. The van der Waals surface area contributed by atoms with Crippen molar-refractivity contribution in [1.29, 1.82) is 0 Å². The van der Waals surface area contributed by atoms with Crippen molar-refractivity contribution in [2.45, 2.75) is 12.5 Å². The predicted molar refractivity (Wildman–Crippen MR) is 51.7 cm³/mol. The van der Waals surface area contributed by atoms with Gasteiger partial charge >= 0.3 is 0 Å². The van der Waals surface area contributed by atoms with E-state index >= 15 is 0 Å². The Labute approximate surface area is 82.1 Å². The summed E-state index contributed by atoms with van der Waals surface area (Å²) >= 11 is 0. The van der Waals surface area contributed by atoms with Crippen LogP contribution in [-0.2, 0) is 6.42 Å². The van der Waals surface area contributed by atoms with E-state index in [1.165, 1.54) is 12.1 Å². The Hall–Kier alpha value is -1.40. The van der Waals surface area contributed by atoms with Crippen LogP contribution in [0.2, 0.25) is 0 Å². The largest absolute Gasteiger partial charge is 0.306 e. The summed E-state index contributed by atoms with van der Waals surface area (Å²) in [4.78, 5) is 0. The average molecular weight is 195 g/mol. The fraction of sp³-hybridized carbons (Fsp3) is 0.273. The predicted octanol–water partition coefficient (Wildman–Crippen LogP) is 1.73. The molecule has 3 heteroatoms. The van der Waals surface area contributed by atoms with E-state index in [9.17, 15) is 8.78 Å². The van der Waals surface area contributed by atoms with Crippen LogP contribution in [0.3, 0.4) is 0 Å². The maximum Gasteiger partial charge on any atom is 0.162 e. The van der Waals surface area contributed by atoms with Gasteiger partial charge in [0, 0.05) is 6.42 Å². The number of hydrogen-bond acceptors (Lipinski definition) is 1. The topological polar surface area (TPSA) is 12.0 Å². The summed E-state index contributed by atoms with van der Waals surface area (Å²) in [6, 6.07) is 3.81. The van der Waals surface area contributed by atoms with Gasteiger partial charge in [-0.3, -0.25) is 0 Å². The molecule has 0 aliphatic rings. The van der Waals surface area contributed by atoms with Crippen molar-refractivity contribution < 1.29 is 8.78 Å². The van der Waals surface area contributed by atoms with Gasteiger partial charge in [-0.05, 0) is 18.7 Å². The summed E-state index contributed by atoms with van der Waals surface area (Å²) in [5.41, 5.74) is 0.294. The van der Waals surface area contributed by atoms with Crippen molar-refractivity contribution >= 4 is 0 Å². The molecule has 0 fully saturated rings. The van der Waals surface area contributed by atoms with Crippen LogP contribution in [0.5, 0.6) is 0 Å². The molecule has 1 rings (SSSR count). The van der Waals surface area contributed by atoms with Gasteiger partial charge in [0.15, 0.2) is 11.6 Å². The second-order valence-corrected chi connectivity index (χ2v) is 2.92. The summed E-state index contributed by atoms with van der Waals surface area (Å²) in [5, 5.41) is 2.82. The molecule has 0 saturated heterocycles. The number of likely N-dealkylation sites (N-methyl/N-ethyl adjacent to an activating group) is 1. The smallest absolute Gasteiger partial charge is 0.162 e. The average Bonchev–Trinajstić information content (AvgIpc) is 2.20. The summed E-state index contributed by atoms with van der Waals surface area (Å²) in [6.45, 7) is 0. The van der Waals surface area contributed by atoms with E-state index in [1.807, 2.05) is 0 Å². The zero-order valence-corrected chi connectivity index (χ0v) is 7.85. The zero-order chi connectivity index (χ0) is 10.6. The normalized spacial score (nSPS) is 12.1. The van der Waals surface area contributed by atoms with E-state index in [0.717, 1.165) is 6.07 Å². The van der Waals surface area contributed by atoms with E-state index < -0.39 is 11.6 Å². The molecule has 14 heavy (non-hydrogen) atoms. The van der Waals surface area contributed by atoms with Crippen LogP contribution in [0.1, 0.15) is 5.56 Å². The first-order chi connectivity index (χ1) is 6.69. The minimum atomic E-state index is -0.839. The van der Waals surface area contributed by atoms with Crippen LogP contribution in [0.4, 0.5) is 8.78 Å². The Balaban J connectivity index is 2.87. The van der Waals surface area contributed by atoms with Gasteiger partial charge in [0.1, 0.15) is 0 Å². The highest BCUT2D eigenvalue weighted by atomic mass is 19.2. The molecule has 0 amide bonds. The third-order valence-electron chi connectivity index (χ3n) is 2.01. The summed E-state index contributed by atoms with van der Waals surface area (Å²) in [7, 11) is 1.68. The molecular formula is C11H11F2N. The van der Waals surface area contributed by atoms with Crippen LogP contribution < -0.4 is 5.32 Å². The SMILES string of the molecule is C#CC(Cc1cccc(F)c1F)NC. The molecule has 0 radical (unpaired) electrons. The van der Waals surface area contributed by atoms with Crippen molar-refractivity contribution in [3.63, 3.8) is 0 Å². The Morgan fingerprint density at radius 2 is 2.21 bits per heavy atom. The maximum atomic E-state index is 13.2. The summed E-state index contributed by atoms with van der Waals surface area (Å²) in [5.74, 6) is 0.791. The minimum absolute atomic E-state index is 0.272. The van der Waals surface area contributed by atoms with Gasteiger partial charge in [-0.15, -0.1) is 6.42 Å². The van der Waals surface area contributed by atoms with Crippen molar-refractivity contribution in [2.75, 3.05) is 7.05 Å². The molecule has 0 spiro atoms. The quantitative estimate of drug-likeness (QED) is 0.724. The summed E-state index contributed by atoms with van der Waals surface area (Å²) < 4.78 is 26.0. The van der Waals surface area contributed by atoms with Crippen molar-refractivity contribution in [3.8, 4) is 12.3 Å². The number of terminal acetylenes is 1. The fourth-order valence-electron chi connectivity index (χ4n) is 1.17. The Morgan fingerprint density at radius 1 is 1.50 bits per heavy atom. The lowest BCUT2D eigenvalue weighted by atomic mass is 10.1. The third kappa shape index (κ3) is 2.30. The Bertz CT molecular complexity index is 355. The monoisotopic (exact) mass is 195 g/mol. The maximum absolute atomic E-state index is 13.2. The highest BCUT2D eigenvalue weighted by molar-refractivity contribution is 5.22. The first-order valence-electron chi connectivity index (χ1n) is 4.25.